The number of amides is 2. The number of hydrogen-bond acceptors (Lipinski definition) is 5. The summed E-state index contributed by atoms with van der Waals surface area (Å²) in [6.45, 7) is 0. The van der Waals surface area contributed by atoms with Crippen molar-refractivity contribution >= 4 is 41.0 Å². The first-order valence-electron chi connectivity index (χ1n) is 6.00. The SMILES string of the molecule is Cn1nc(Cl)c(C(=O)ON2C(=O)c3ccccc3C2=O)c1Cl. The first-order chi connectivity index (χ1) is 10.4. The van der Waals surface area contributed by atoms with Crippen LogP contribution in [0.5, 0.6) is 0 Å². The second-order valence-corrected chi connectivity index (χ2v) is 5.13. The monoisotopic (exact) mass is 339 g/mol. The molecule has 0 saturated carbocycles. The highest BCUT2D eigenvalue weighted by molar-refractivity contribution is 6.38. The molecule has 0 radical (unpaired) electrons. The predicted octanol–water partition coefficient (Wildman–Crippen LogP) is 2.09. The zero-order chi connectivity index (χ0) is 16.0. The van der Waals surface area contributed by atoms with Crippen molar-refractivity contribution in [3.8, 4) is 0 Å². The van der Waals surface area contributed by atoms with Crippen LogP contribution >= 0.6 is 23.2 Å². The van der Waals surface area contributed by atoms with E-state index < -0.39 is 17.8 Å². The lowest BCUT2D eigenvalue weighted by molar-refractivity contribution is -0.0584. The molecular formula is C13H7Cl2N3O4. The Balaban J connectivity index is 1.90. The Kier molecular flexibility index (Phi) is 3.38. The van der Waals surface area contributed by atoms with E-state index in [2.05, 4.69) is 5.10 Å². The molecule has 0 aliphatic carbocycles. The molecule has 112 valence electrons. The van der Waals surface area contributed by atoms with E-state index in [-0.39, 0.29) is 27.0 Å². The molecule has 0 spiro atoms. The molecule has 1 aromatic heterocycles. The van der Waals surface area contributed by atoms with Crippen molar-refractivity contribution in [2.24, 2.45) is 7.05 Å². The maximum Gasteiger partial charge on any atom is 0.370 e. The van der Waals surface area contributed by atoms with Crippen LogP contribution in [0, 0.1) is 0 Å². The Bertz CT molecular complexity index is 796. The molecule has 0 fully saturated rings. The molecule has 0 saturated heterocycles. The maximum atomic E-state index is 12.1. The minimum atomic E-state index is -1.04. The first kappa shape index (κ1) is 14.6. The van der Waals surface area contributed by atoms with Gasteiger partial charge in [-0.25, -0.2) is 4.79 Å². The van der Waals surface area contributed by atoms with Gasteiger partial charge in [-0.1, -0.05) is 40.4 Å². The number of imide groups is 1. The number of benzene rings is 1. The number of aryl methyl sites for hydroxylation is 1. The fourth-order valence-corrected chi connectivity index (χ4v) is 2.55. The summed E-state index contributed by atoms with van der Waals surface area (Å²) in [5, 5.41) is 3.88. The topological polar surface area (TPSA) is 81.5 Å². The third-order valence-electron chi connectivity index (χ3n) is 3.07. The van der Waals surface area contributed by atoms with Crippen LogP contribution in [-0.2, 0) is 11.9 Å². The summed E-state index contributed by atoms with van der Waals surface area (Å²) in [6, 6.07) is 6.13. The van der Waals surface area contributed by atoms with Crippen LogP contribution in [0.25, 0.3) is 0 Å². The molecule has 22 heavy (non-hydrogen) atoms. The van der Waals surface area contributed by atoms with Crippen molar-refractivity contribution in [3.63, 3.8) is 0 Å². The van der Waals surface area contributed by atoms with Crippen molar-refractivity contribution < 1.29 is 19.2 Å². The highest BCUT2D eigenvalue weighted by atomic mass is 35.5. The Morgan fingerprint density at radius 3 is 2.14 bits per heavy atom. The molecule has 2 aromatic rings. The van der Waals surface area contributed by atoms with Crippen molar-refractivity contribution in [2.45, 2.75) is 0 Å². The van der Waals surface area contributed by atoms with Gasteiger partial charge in [0.25, 0.3) is 11.8 Å². The molecule has 0 N–H and O–H groups in total. The van der Waals surface area contributed by atoms with Gasteiger partial charge in [0, 0.05) is 7.05 Å². The van der Waals surface area contributed by atoms with Crippen molar-refractivity contribution in [3.05, 3.63) is 51.3 Å². The van der Waals surface area contributed by atoms with Crippen LogP contribution in [0.3, 0.4) is 0 Å². The minimum absolute atomic E-state index is 0.0633. The summed E-state index contributed by atoms with van der Waals surface area (Å²) in [5.74, 6) is -2.51. The number of carbonyl (C=O) groups is 3. The number of aromatic nitrogens is 2. The summed E-state index contributed by atoms with van der Waals surface area (Å²) < 4.78 is 1.17. The first-order valence-corrected chi connectivity index (χ1v) is 6.75. The third-order valence-corrected chi connectivity index (χ3v) is 3.77. The number of nitrogens with zero attached hydrogens (tertiary/aromatic N) is 3. The summed E-state index contributed by atoms with van der Waals surface area (Å²) in [4.78, 5) is 41.1. The van der Waals surface area contributed by atoms with Gasteiger partial charge in [-0.05, 0) is 12.1 Å². The Morgan fingerprint density at radius 1 is 1.14 bits per heavy atom. The lowest BCUT2D eigenvalue weighted by Crippen LogP contribution is -2.32. The van der Waals surface area contributed by atoms with Gasteiger partial charge in [0.2, 0.25) is 0 Å². The van der Waals surface area contributed by atoms with Gasteiger partial charge in [-0.15, -0.1) is 0 Å². The molecule has 2 heterocycles. The average molecular weight is 340 g/mol. The molecule has 9 heteroatoms. The normalized spacial score (nSPS) is 13.5. The van der Waals surface area contributed by atoms with E-state index in [1.54, 1.807) is 12.1 Å². The van der Waals surface area contributed by atoms with E-state index >= 15 is 0 Å². The fourth-order valence-electron chi connectivity index (χ4n) is 2.02. The van der Waals surface area contributed by atoms with E-state index in [1.165, 1.54) is 23.9 Å². The van der Waals surface area contributed by atoms with E-state index in [0.717, 1.165) is 0 Å². The van der Waals surface area contributed by atoms with Crippen LogP contribution in [0.4, 0.5) is 0 Å². The highest BCUT2D eigenvalue weighted by Gasteiger charge is 2.39. The minimum Gasteiger partial charge on any atom is -0.324 e. The van der Waals surface area contributed by atoms with Crippen LogP contribution in [0.1, 0.15) is 31.1 Å². The number of carbonyl (C=O) groups excluding carboxylic acids is 3. The van der Waals surface area contributed by atoms with E-state index in [0.29, 0.717) is 5.06 Å². The Morgan fingerprint density at radius 2 is 1.68 bits per heavy atom. The maximum absolute atomic E-state index is 12.1. The summed E-state index contributed by atoms with van der Waals surface area (Å²) in [6.07, 6.45) is 0. The predicted molar refractivity (Wildman–Crippen MR) is 75.6 cm³/mol. The smallest absolute Gasteiger partial charge is 0.324 e. The average Bonchev–Trinajstić information content (AvgIpc) is 2.88. The molecule has 1 aliphatic heterocycles. The largest absolute Gasteiger partial charge is 0.370 e. The second kappa shape index (κ2) is 5.11. The van der Waals surface area contributed by atoms with E-state index in [4.69, 9.17) is 28.0 Å². The van der Waals surface area contributed by atoms with E-state index in [9.17, 15) is 14.4 Å². The number of rotatable bonds is 2. The van der Waals surface area contributed by atoms with Crippen molar-refractivity contribution in [2.75, 3.05) is 0 Å². The zero-order valence-electron chi connectivity index (χ0n) is 11.0. The molecule has 7 nitrogen and oxygen atoms in total. The number of fused-ring (bicyclic) bond motifs is 1. The number of halogens is 2. The van der Waals surface area contributed by atoms with Gasteiger partial charge in [-0.2, -0.15) is 5.10 Å². The Labute approximate surface area is 133 Å². The van der Waals surface area contributed by atoms with Crippen LogP contribution in [0.15, 0.2) is 24.3 Å². The molecule has 2 amide bonds. The van der Waals surface area contributed by atoms with Crippen molar-refractivity contribution in [1.82, 2.24) is 14.8 Å². The summed E-state index contributed by atoms with van der Waals surface area (Å²) >= 11 is 11.7. The molecule has 0 atom stereocenters. The molecule has 0 unspecified atom stereocenters. The second-order valence-electron chi connectivity index (χ2n) is 4.41. The van der Waals surface area contributed by atoms with Crippen LogP contribution in [-0.4, -0.2) is 32.6 Å². The fraction of sp³-hybridized carbons (Fsp3) is 0.0769. The molecule has 1 aromatic carbocycles. The number of hydrogen-bond donors (Lipinski definition) is 0. The van der Waals surface area contributed by atoms with Crippen LogP contribution in [0.2, 0.25) is 10.3 Å². The molecule has 1 aliphatic rings. The standard InChI is InChI=1S/C13H7Cl2N3O4/c1-17-10(15)8(9(14)16-17)13(21)22-18-11(19)6-4-2-3-5-7(6)12(18)20/h2-5H,1H3. The summed E-state index contributed by atoms with van der Waals surface area (Å²) in [5.41, 5.74) is 0.0924. The summed E-state index contributed by atoms with van der Waals surface area (Å²) in [7, 11) is 1.48. The highest BCUT2D eigenvalue weighted by Crippen LogP contribution is 2.27. The van der Waals surface area contributed by atoms with Gasteiger partial charge in [0.1, 0.15) is 10.7 Å². The number of hydroxylamine groups is 2. The Hall–Kier alpha value is -2.38. The van der Waals surface area contributed by atoms with Crippen molar-refractivity contribution in [1.29, 1.82) is 0 Å². The zero-order valence-corrected chi connectivity index (χ0v) is 12.6. The quantitative estimate of drug-likeness (QED) is 0.782. The molecular weight excluding hydrogens is 333 g/mol. The van der Waals surface area contributed by atoms with Gasteiger partial charge in [0.05, 0.1) is 11.1 Å². The lowest BCUT2D eigenvalue weighted by Gasteiger charge is -2.12. The lowest BCUT2D eigenvalue weighted by atomic mass is 10.1. The van der Waals surface area contributed by atoms with E-state index in [1.807, 2.05) is 0 Å². The van der Waals surface area contributed by atoms with Gasteiger partial charge in [-0.3, -0.25) is 14.3 Å². The van der Waals surface area contributed by atoms with Gasteiger partial charge < -0.3 is 4.84 Å². The molecule has 0 bridgehead atoms. The molecule has 3 rings (SSSR count). The van der Waals surface area contributed by atoms with Gasteiger partial charge >= 0.3 is 5.97 Å². The third kappa shape index (κ3) is 2.06. The van der Waals surface area contributed by atoms with Crippen LogP contribution < -0.4 is 0 Å². The van der Waals surface area contributed by atoms with Gasteiger partial charge in [0.15, 0.2) is 5.15 Å².